The van der Waals surface area contributed by atoms with E-state index in [0.717, 1.165) is 24.3 Å². The van der Waals surface area contributed by atoms with Crippen LogP contribution >= 0.6 is 0 Å². The van der Waals surface area contributed by atoms with Gasteiger partial charge in [-0.3, -0.25) is 14.6 Å². The molecule has 1 rings (SSSR count). The van der Waals surface area contributed by atoms with Gasteiger partial charge in [0.1, 0.15) is 6.61 Å². The molecular weight excluding hydrogens is 272 g/mol. The molecule has 0 aromatic carbocycles. The minimum atomic E-state index is -0.532. The summed E-state index contributed by atoms with van der Waals surface area (Å²) in [6.07, 6.45) is 2.51. The van der Waals surface area contributed by atoms with Gasteiger partial charge >= 0.3 is 0 Å². The minimum absolute atomic E-state index is 0.148. The van der Waals surface area contributed by atoms with Crippen molar-refractivity contribution in [3.05, 3.63) is 23.5 Å². The van der Waals surface area contributed by atoms with Gasteiger partial charge in [0.25, 0.3) is 5.91 Å². The number of nitrogens with zero attached hydrogens (tertiary/aromatic N) is 1. The highest BCUT2D eigenvalue weighted by Gasteiger charge is 2.11. The standard InChI is InChI=1S/C14H22N4O3/c1-3-4-16-12-7-10(2)18-8-11(12)14(20)17-5-6-21-9-13(15)19/h7-8H,3-6,9H2,1-2H3,(H2,15,19)(H,16,18)(H,17,20). The lowest BCUT2D eigenvalue weighted by Gasteiger charge is -2.12. The minimum Gasteiger partial charge on any atom is -0.384 e. The van der Waals surface area contributed by atoms with Crippen LogP contribution in [0, 0.1) is 6.92 Å². The lowest BCUT2D eigenvalue weighted by Crippen LogP contribution is -2.29. The Hall–Kier alpha value is -2.15. The number of carbonyl (C=O) groups excluding carboxylic acids is 2. The zero-order valence-corrected chi connectivity index (χ0v) is 12.4. The Kier molecular flexibility index (Phi) is 7.17. The third-order valence-electron chi connectivity index (χ3n) is 2.63. The monoisotopic (exact) mass is 294 g/mol. The van der Waals surface area contributed by atoms with Crippen molar-refractivity contribution in [2.45, 2.75) is 20.3 Å². The first-order valence-electron chi connectivity index (χ1n) is 6.89. The summed E-state index contributed by atoms with van der Waals surface area (Å²) in [4.78, 5) is 26.7. The molecule has 116 valence electrons. The molecule has 1 aromatic rings. The zero-order valence-electron chi connectivity index (χ0n) is 12.4. The van der Waals surface area contributed by atoms with Gasteiger partial charge in [0, 0.05) is 25.0 Å². The second kappa shape index (κ2) is 8.91. The lowest BCUT2D eigenvalue weighted by atomic mass is 10.2. The molecule has 7 heteroatoms. The van der Waals surface area contributed by atoms with Crippen molar-refractivity contribution in [3.63, 3.8) is 0 Å². The third kappa shape index (κ3) is 6.22. The zero-order chi connectivity index (χ0) is 15.7. The Morgan fingerprint density at radius 2 is 2.14 bits per heavy atom. The van der Waals surface area contributed by atoms with Crippen molar-refractivity contribution >= 4 is 17.5 Å². The van der Waals surface area contributed by atoms with Crippen molar-refractivity contribution in [2.75, 3.05) is 31.6 Å². The smallest absolute Gasteiger partial charge is 0.255 e. The van der Waals surface area contributed by atoms with Crippen molar-refractivity contribution in [1.29, 1.82) is 0 Å². The molecular formula is C14H22N4O3. The molecule has 7 nitrogen and oxygen atoms in total. The molecule has 1 aromatic heterocycles. The van der Waals surface area contributed by atoms with E-state index in [2.05, 4.69) is 22.5 Å². The summed E-state index contributed by atoms with van der Waals surface area (Å²) in [7, 11) is 0. The molecule has 0 fully saturated rings. The lowest BCUT2D eigenvalue weighted by molar-refractivity contribution is -0.122. The van der Waals surface area contributed by atoms with E-state index in [0.29, 0.717) is 12.1 Å². The number of hydrogen-bond donors (Lipinski definition) is 3. The van der Waals surface area contributed by atoms with E-state index in [4.69, 9.17) is 10.5 Å². The fraction of sp³-hybridized carbons (Fsp3) is 0.500. The Bertz CT molecular complexity index is 491. The van der Waals surface area contributed by atoms with Gasteiger partial charge in [0.05, 0.1) is 17.9 Å². The maximum atomic E-state index is 12.1. The first-order valence-corrected chi connectivity index (χ1v) is 6.89. The molecule has 21 heavy (non-hydrogen) atoms. The molecule has 0 aliphatic heterocycles. The van der Waals surface area contributed by atoms with Crippen LogP contribution in [0.15, 0.2) is 12.3 Å². The van der Waals surface area contributed by atoms with Crippen LogP contribution in [0.2, 0.25) is 0 Å². The number of aryl methyl sites for hydroxylation is 1. The summed E-state index contributed by atoms with van der Waals surface area (Å²) in [5.41, 5.74) is 7.03. The number of anilines is 1. The van der Waals surface area contributed by atoms with Crippen LogP contribution < -0.4 is 16.4 Å². The largest absolute Gasteiger partial charge is 0.384 e. The molecule has 0 aliphatic rings. The quantitative estimate of drug-likeness (QED) is 0.573. The molecule has 0 spiro atoms. The van der Waals surface area contributed by atoms with Crippen molar-refractivity contribution in [3.8, 4) is 0 Å². The average molecular weight is 294 g/mol. The fourth-order valence-electron chi connectivity index (χ4n) is 1.65. The molecule has 4 N–H and O–H groups in total. The molecule has 0 saturated heterocycles. The predicted molar refractivity (Wildman–Crippen MR) is 80.1 cm³/mol. The van der Waals surface area contributed by atoms with Gasteiger partial charge < -0.3 is 21.1 Å². The van der Waals surface area contributed by atoms with Gasteiger partial charge in [-0.15, -0.1) is 0 Å². The maximum absolute atomic E-state index is 12.1. The maximum Gasteiger partial charge on any atom is 0.255 e. The number of nitrogens with one attached hydrogen (secondary N) is 2. The number of primary amides is 1. The summed E-state index contributed by atoms with van der Waals surface area (Å²) < 4.78 is 4.98. The SMILES string of the molecule is CCCNc1cc(C)ncc1C(=O)NCCOCC(N)=O. The summed E-state index contributed by atoms with van der Waals surface area (Å²) in [5, 5.41) is 5.92. The molecule has 0 aliphatic carbocycles. The number of aromatic nitrogens is 1. The van der Waals surface area contributed by atoms with Gasteiger partial charge in [0.2, 0.25) is 5.91 Å². The highest BCUT2D eigenvalue weighted by Crippen LogP contribution is 2.15. The van der Waals surface area contributed by atoms with Crippen LogP contribution in [0.5, 0.6) is 0 Å². The Labute approximate surface area is 124 Å². The molecule has 0 unspecified atom stereocenters. The van der Waals surface area contributed by atoms with E-state index in [-0.39, 0.29) is 19.1 Å². The van der Waals surface area contributed by atoms with E-state index < -0.39 is 5.91 Å². The Morgan fingerprint density at radius 3 is 2.81 bits per heavy atom. The summed E-state index contributed by atoms with van der Waals surface area (Å²) in [6.45, 7) is 5.09. The van der Waals surface area contributed by atoms with Crippen LogP contribution in [0.4, 0.5) is 5.69 Å². The number of nitrogens with two attached hydrogens (primary N) is 1. The van der Waals surface area contributed by atoms with Crippen LogP contribution in [-0.4, -0.2) is 43.1 Å². The first-order chi connectivity index (χ1) is 10.0. The van der Waals surface area contributed by atoms with E-state index >= 15 is 0 Å². The molecule has 1 heterocycles. The number of hydrogen-bond acceptors (Lipinski definition) is 5. The topological polar surface area (TPSA) is 106 Å². The molecule has 0 radical (unpaired) electrons. The third-order valence-corrected chi connectivity index (χ3v) is 2.63. The van der Waals surface area contributed by atoms with Gasteiger partial charge in [-0.25, -0.2) is 0 Å². The van der Waals surface area contributed by atoms with Crippen molar-refractivity contribution < 1.29 is 14.3 Å². The second-order valence-electron chi connectivity index (χ2n) is 4.57. The number of rotatable bonds is 9. The number of pyridine rings is 1. The van der Waals surface area contributed by atoms with Crippen LogP contribution in [0.25, 0.3) is 0 Å². The van der Waals surface area contributed by atoms with Crippen LogP contribution in [0.3, 0.4) is 0 Å². The summed E-state index contributed by atoms with van der Waals surface area (Å²) >= 11 is 0. The van der Waals surface area contributed by atoms with Gasteiger partial charge in [-0.1, -0.05) is 6.92 Å². The number of ether oxygens (including phenoxy) is 1. The summed E-state index contributed by atoms with van der Waals surface area (Å²) in [6, 6.07) is 1.84. The van der Waals surface area contributed by atoms with Crippen LogP contribution in [0.1, 0.15) is 29.4 Å². The fourth-order valence-corrected chi connectivity index (χ4v) is 1.65. The van der Waals surface area contributed by atoms with Crippen molar-refractivity contribution in [2.24, 2.45) is 5.73 Å². The van der Waals surface area contributed by atoms with E-state index in [1.54, 1.807) is 6.20 Å². The predicted octanol–water partition coefficient (Wildman–Crippen LogP) is 0.444. The normalized spacial score (nSPS) is 10.2. The Balaban J connectivity index is 2.54. The second-order valence-corrected chi connectivity index (χ2v) is 4.57. The highest BCUT2D eigenvalue weighted by atomic mass is 16.5. The first kappa shape index (κ1) is 16.9. The summed E-state index contributed by atoms with van der Waals surface area (Å²) in [5.74, 6) is -0.765. The van der Waals surface area contributed by atoms with Crippen LogP contribution in [-0.2, 0) is 9.53 Å². The highest BCUT2D eigenvalue weighted by molar-refractivity contribution is 5.99. The van der Waals surface area contributed by atoms with E-state index in [1.165, 1.54) is 0 Å². The van der Waals surface area contributed by atoms with Gasteiger partial charge in [-0.05, 0) is 19.4 Å². The van der Waals surface area contributed by atoms with Gasteiger partial charge in [0.15, 0.2) is 0 Å². The molecule has 0 bridgehead atoms. The average Bonchev–Trinajstić information content (AvgIpc) is 2.44. The van der Waals surface area contributed by atoms with E-state index in [1.807, 2.05) is 13.0 Å². The Morgan fingerprint density at radius 1 is 1.38 bits per heavy atom. The van der Waals surface area contributed by atoms with Crippen molar-refractivity contribution in [1.82, 2.24) is 10.3 Å². The molecule has 0 atom stereocenters. The van der Waals surface area contributed by atoms with Gasteiger partial charge in [-0.2, -0.15) is 0 Å². The molecule has 0 saturated carbocycles. The molecule has 2 amide bonds. The van der Waals surface area contributed by atoms with E-state index in [9.17, 15) is 9.59 Å². The number of amides is 2. The number of carbonyl (C=O) groups is 2.